The average Bonchev–Trinajstić information content (AvgIpc) is 2.99. The summed E-state index contributed by atoms with van der Waals surface area (Å²) in [7, 11) is 0. The van der Waals surface area contributed by atoms with Crippen LogP contribution in [0, 0.1) is 0 Å². The topological polar surface area (TPSA) is 64.3 Å². The van der Waals surface area contributed by atoms with Gasteiger partial charge in [0.1, 0.15) is 11.3 Å². The van der Waals surface area contributed by atoms with Crippen molar-refractivity contribution >= 4 is 16.3 Å². The predicted molar refractivity (Wildman–Crippen MR) is 64.3 cm³/mol. The van der Waals surface area contributed by atoms with Gasteiger partial charge in [0, 0.05) is 6.04 Å². The van der Waals surface area contributed by atoms with Crippen LogP contribution in [0.25, 0.3) is 4.96 Å². The Kier molecular flexibility index (Phi) is 3.04. The molecule has 1 aliphatic rings. The normalized spacial score (nSPS) is 24.8. The van der Waals surface area contributed by atoms with Crippen LogP contribution in [0.4, 0.5) is 0 Å². The molecular weight excluding hydrogens is 238 g/mol. The summed E-state index contributed by atoms with van der Waals surface area (Å²) in [5.41, 5.74) is 0. The van der Waals surface area contributed by atoms with Gasteiger partial charge in [-0.15, -0.1) is 10.2 Å². The predicted octanol–water partition coefficient (Wildman–Crippen LogP) is 0.668. The average molecular weight is 253 g/mol. The first-order valence-electron chi connectivity index (χ1n) is 5.86. The van der Waals surface area contributed by atoms with Crippen LogP contribution in [0.2, 0.25) is 0 Å². The van der Waals surface area contributed by atoms with Gasteiger partial charge < -0.3 is 10.1 Å². The fourth-order valence-electron chi connectivity index (χ4n) is 2.05. The molecule has 0 amide bonds. The molecule has 17 heavy (non-hydrogen) atoms. The second kappa shape index (κ2) is 4.67. The van der Waals surface area contributed by atoms with Gasteiger partial charge in [-0.1, -0.05) is 18.3 Å². The van der Waals surface area contributed by atoms with Crippen molar-refractivity contribution in [3.8, 4) is 0 Å². The van der Waals surface area contributed by atoms with E-state index in [9.17, 15) is 0 Å². The highest BCUT2D eigenvalue weighted by molar-refractivity contribution is 7.16. The van der Waals surface area contributed by atoms with Gasteiger partial charge in [-0.05, 0) is 13.0 Å². The van der Waals surface area contributed by atoms with E-state index in [-0.39, 0.29) is 0 Å². The molecule has 1 saturated heterocycles. The van der Waals surface area contributed by atoms with Crippen LogP contribution in [0.15, 0.2) is 6.33 Å². The third-order valence-corrected chi connectivity index (χ3v) is 4.00. The first kappa shape index (κ1) is 11.1. The van der Waals surface area contributed by atoms with E-state index < -0.39 is 0 Å². The van der Waals surface area contributed by atoms with Crippen LogP contribution >= 0.6 is 11.3 Å². The minimum atomic E-state index is 0.341. The third kappa shape index (κ3) is 2.05. The Labute approximate surface area is 103 Å². The molecule has 3 heterocycles. The molecule has 3 rings (SSSR count). The second-order valence-electron chi connectivity index (χ2n) is 4.20. The van der Waals surface area contributed by atoms with Crippen molar-refractivity contribution < 1.29 is 4.74 Å². The lowest BCUT2D eigenvalue weighted by molar-refractivity contribution is 0.187. The summed E-state index contributed by atoms with van der Waals surface area (Å²) >= 11 is 1.60. The van der Waals surface area contributed by atoms with Crippen molar-refractivity contribution in [1.82, 2.24) is 25.1 Å². The summed E-state index contributed by atoms with van der Waals surface area (Å²) < 4.78 is 7.28. The van der Waals surface area contributed by atoms with Crippen molar-refractivity contribution in [1.29, 1.82) is 0 Å². The number of rotatable bonds is 4. The molecule has 2 atom stereocenters. The van der Waals surface area contributed by atoms with Gasteiger partial charge >= 0.3 is 0 Å². The van der Waals surface area contributed by atoms with Gasteiger partial charge in [-0.2, -0.15) is 9.61 Å². The lowest BCUT2D eigenvalue weighted by Crippen LogP contribution is -2.34. The van der Waals surface area contributed by atoms with Gasteiger partial charge in [0.15, 0.2) is 0 Å². The number of ether oxygens (including phenoxy) is 1. The quantitative estimate of drug-likeness (QED) is 0.867. The van der Waals surface area contributed by atoms with E-state index in [0.717, 1.165) is 36.1 Å². The molecule has 0 radical (unpaired) electrons. The van der Waals surface area contributed by atoms with E-state index in [2.05, 4.69) is 27.5 Å². The Morgan fingerprint density at radius 3 is 3.35 bits per heavy atom. The summed E-state index contributed by atoms with van der Waals surface area (Å²) in [6.45, 7) is 4.70. The molecule has 1 N–H and O–H groups in total. The van der Waals surface area contributed by atoms with Crippen LogP contribution in [0.3, 0.4) is 0 Å². The van der Waals surface area contributed by atoms with Crippen LogP contribution in [-0.2, 0) is 4.74 Å². The zero-order valence-corrected chi connectivity index (χ0v) is 10.5. The number of hydrogen-bond donors (Lipinski definition) is 1. The number of aromatic nitrogens is 4. The van der Waals surface area contributed by atoms with E-state index in [0.29, 0.717) is 12.0 Å². The second-order valence-corrected chi connectivity index (χ2v) is 5.19. The lowest BCUT2D eigenvalue weighted by atomic mass is 10.1. The zero-order chi connectivity index (χ0) is 11.7. The first-order chi connectivity index (χ1) is 8.38. The third-order valence-electron chi connectivity index (χ3n) is 2.96. The molecule has 0 aromatic carbocycles. The molecule has 92 valence electrons. The zero-order valence-electron chi connectivity index (χ0n) is 9.67. The monoisotopic (exact) mass is 253 g/mol. The van der Waals surface area contributed by atoms with E-state index in [1.807, 2.05) is 0 Å². The molecule has 6 nitrogen and oxygen atoms in total. The molecule has 2 aromatic heterocycles. The highest BCUT2D eigenvalue weighted by Crippen LogP contribution is 2.28. The summed E-state index contributed by atoms with van der Waals surface area (Å²) in [4.78, 5) is 0.848. The summed E-state index contributed by atoms with van der Waals surface area (Å²) in [5.74, 6) is 0.341. The highest BCUT2D eigenvalue weighted by Gasteiger charge is 2.32. The SMILES string of the molecule is CCCNC1COCC1c1nn2cnnc2s1. The number of nitrogens with one attached hydrogen (secondary N) is 1. The number of hydrogen-bond acceptors (Lipinski definition) is 6. The minimum Gasteiger partial charge on any atom is -0.379 e. The molecule has 0 aliphatic carbocycles. The first-order valence-corrected chi connectivity index (χ1v) is 6.68. The van der Waals surface area contributed by atoms with Crippen LogP contribution in [-0.4, -0.2) is 45.6 Å². The molecule has 2 unspecified atom stereocenters. The van der Waals surface area contributed by atoms with E-state index >= 15 is 0 Å². The molecule has 0 bridgehead atoms. The van der Waals surface area contributed by atoms with E-state index in [1.165, 1.54) is 0 Å². The molecule has 1 fully saturated rings. The van der Waals surface area contributed by atoms with Crippen molar-refractivity contribution in [2.75, 3.05) is 19.8 Å². The Morgan fingerprint density at radius 1 is 1.59 bits per heavy atom. The summed E-state index contributed by atoms with van der Waals surface area (Å²) in [6, 6.07) is 0.374. The molecule has 1 aliphatic heterocycles. The van der Waals surface area contributed by atoms with Gasteiger partial charge in [0.05, 0.1) is 19.1 Å². The fraction of sp³-hybridized carbons (Fsp3) is 0.700. The van der Waals surface area contributed by atoms with E-state index in [1.54, 1.807) is 22.2 Å². The molecule has 2 aromatic rings. The van der Waals surface area contributed by atoms with Gasteiger partial charge in [0.25, 0.3) is 0 Å². The van der Waals surface area contributed by atoms with Gasteiger partial charge in [-0.3, -0.25) is 0 Å². The van der Waals surface area contributed by atoms with Crippen LogP contribution in [0.5, 0.6) is 0 Å². The maximum atomic E-state index is 5.55. The largest absolute Gasteiger partial charge is 0.379 e. The summed E-state index contributed by atoms with van der Waals surface area (Å²) in [5, 5.41) is 16.9. The van der Waals surface area contributed by atoms with Crippen LogP contribution in [0.1, 0.15) is 24.3 Å². The molecule has 0 saturated carbocycles. The van der Waals surface area contributed by atoms with Crippen LogP contribution < -0.4 is 5.32 Å². The maximum absolute atomic E-state index is 5.55. The minimum absolute atomic E-state index is 0.341. The van der Waals surface area contributed by atoms with Crippen molar-refractivity contribution in [3.63, 3.8) is 0 Å². The Bertz CT molecular complexity index is 467. The van der Waals surface area contributed by atoms with Gasteiger partial charge in [0.2, 0.25) is 4.96 Å². The molecule has 0 spiro atoms. The lowest BCUT2D eigenvalue weighted by Gasteiger charge is -2.15. The smallest absolute Gasteiger partial charge is 0.234 e. The maximum Gasteiger partial charge on any atom is 0.234 e. The Hall–Kier alpha value is -1.05. The fourth-order valence-corrected chi connectivity index (χ4v) is 3.02. The number of nitrogens with zero attached hydrogens (tertiary/aromatic N) is 4. The molecular formula is C10H15N5OS. The summed E-state index contributed by atoms with van der Waals surface area (Å²) in [6.07, 6.45) is 2.77. The highest BCUT2D eigenvalue weighted by atomic mass is 32.1. The van der Waals surface area contributed by atoms with Gasteiger partial charge in [-0.25, -0.2) is 0 Å². The van der Waals surface area contributed by atoms with Crippen molar-refractivity contribution in [2.24, 2.45) is 0 Å². The Balaban J connectivity index is 1.80. The van der Waals surface area contributed by atoms with Crippen molar-refractivity contribution in [2.45, 2.75) is 25.3 Å². The Morgan fingerprint density at radius 2 is 2.53 bits per heavy atom. The van der Waals surface area contributed by atoms with E-state index in [4.69, 9.17) is 4.74 Å². The standard InChI is InChI=1S/C10H15N5OS/c1-2-3-11-8-5-16-4-7(8)9-14-15-6-12-13-10(15)17-9/h6-8,11H,2-5H2,1H3. The van der Waals surface area contributed by atoms with Crippen molar-refractivity contribution in [3.05, 3.63) is 11.3 Å². The molecule has 7 heteroatoms. The number of fused-ring (bicyclic) bond motifs is 1.